The molecule has 1 aliphatic heterocycles. The second kappa shape index (κ2) is 10.5. The highest BCUT2D eigenvalue weighted by atomic mass is 32.2. The van der Waals surface area contributed by atoms with Crippen LogP contribution in [0.5, 0.6) is 0 Å². The van der Waals surface area contributed by atoms with Crippen LogP contribution in [0.25, 0.3) is 0 Å². The summed E-state index contributed by atoms with van der Waals surface area (Å²) in [4.78, 5) is 19.0. The fraction of sp³-hybridized carbons (Fsp3) is 0.600. The lowest BCUT2D eigenvalue weighted by Gasteiger charge is -2.34. The summed E-state index contributed by atoms with van der Waals surface area (Å²) in [5.41, 5.74) is 1.98. The number of anilines is 1. The molecule has 1 aromatic rings. The number of hydrogen-bond acceptors (Lipinski definition) is 3. The van der Waals surface area contributed by atoms with Gasteiger partial charge in [-0.05, 0) is 31.0 Å². The Bertz CT molecular complexity index is 600. The Hall–Kier alpha value is -1.69. The molecule has 1 aromatic carbocycles. The van der Waals surface area contributed by atoms with Gasteiger partial charge in [0.15, 0.2) is 5.96 Å². The Labute approximate surface area is 162 Å². The first kappa shape index (κ1) is 20.6. The fourth-order valence-corrected chi connectivity index (χ4v) is 3.91. The van der Waals surface area contributed by atoms with Crippen LogP contribution < -0.4 is 10.6 Å². The largest absolute Gasteiger partial charge is 0.357 e. The van der Waals surface area contributed by atoms with Gasteiger partial charge in [-0.1, -0.05) is 32.9 Å². The second-order valence-corrected chi connectivity index (χ2v) is 8.27. The van der Waals surface area contributed by atoms with Gasteiger partial charge in [-0.25, -0.2) is 4.99 Å². The Balaban J connectivity index is 1.99. The highest BCUT2D eigenvalue weighted by molar-refractivity contribution is 8.00. The van der Waals surface area contributed by atoms with Crippen molar-refractivity contribution in [3.63, 3.8) is 0 Å². The Kier molecular flexibility index (Phi) is 8.29. The first-order valence-electron chi connectivity index (χ1n) is 9.58. The van der Waals surface area contributed by atoms with Crippen LogP contribution in [0.4, 0.5) is 5.69 Å². The summed E-state index contributed by atoms with van der Waals surface area (Å²) in [5.74, 6) is 2.19. The topological polar surface area (TPSA) is 56.7 Å². The predicted octanol–water partition coefficient (Wildman–Crippen LogP) is 3.57. The van der Waals surface area contributed by atoms with E-state index in [1.807, 2.05) is 38.1 Å². The van der Waals surface area contributed by atoms with Gasteiger partial charge in [0.2, 0.25) is 5.91 Å². The van der Waals surface area contributed by atoms with Crippen molar-refractivity contribution in [2.75, 3.05) is 30.7 Å². The van der Waals surface area contributed by atoms with Gasteiger partial charge in [0.25, 0.3) is 0 Å². The van der Waals surface area contributed by atoms with Gasteiger partial charge in [-0.3, -0.25) is 4.79 Å². The standard InChI is InChI=1S/C20H32N4OS/c1-5-18-14-24(11-12-26-18)20(21-6-2)22-13-16-7-9-17(10-8-16)23-19(25)15(3)4/h7-10,15,18H,5-6,11-14H2,1-4H3,(H,21,22)(H,23,25). The SMILES string of the molecule is CCNC(=NCc1ccc(NC(=O)C(C)C)cc1)N1CCSC(CC)C1. The summed E-state index contributed by atoms with van der Waals surface area (Å²) >= 11 is 2.07. The van der Waals surface area contributed by atoms with Crippen molar-refractivity contribution in [2.45, 2.75) is 45.9 Å². The number of amides is 1. The van der Waals surface area contributed by atoms with Gasteiger partial charge < -0.3 is 15.5 Å². The molecule has 0 aromatic heterocycles. The summed E-state index contributed by atoms with van der Waals surface area (Å²) in [5, 5.41) is 7.04. The van der Waals surface area contributed by atoms with E-state index in [-0.39, 0.29) is 11.8 Å². The van der Waals surface area contributed by atoms with E-state index in [2.05, 4.69) is 41.1 Å². The molecule has 0 bridgehead atoms. The number of guanidine groups is 1. The van der Waals surface area contributed by atoms with Gasteiger partial charge in [0.1, 0.15) is 0 Å². The normalized spacial score (nSPS) is 18.1. The number of carbonyl (C=O) groups excluding carboxylic acids is 1. The van der Waals surface area contributed by atoms with Crippen LogP contribution in [0, 0.1) is 5.92 Å². The number of nitrogens with one attached hydrogen (secondary N) is 2. The first-order chi connectivity index (χ1) is 12.5. The zero-order valence-corrected chi connectivity index (χ0v) is 17.2. The molecule has 1 aliphatic rings. The number of thioether (sulfide) groups is 1. The van der Waals surface area contributed by atoms with E-state index in [1.54, 1.807) is 0 Å². The summed E-state index contributed by atoms with van der Waals surface area (Å²) in [7, 11) is 0. The molecule has 0 aliphatic carbocycles. The monoisotopic (exact) mass is 376 g/mol. The van der Waals surface area contributed by atoms with Crippen molar-refractivity contribution >= 4 is 29.3 Å². The molecule has 0 radical (unpaired) electrons. The molecular formula is C20H32N4OS. The molecule has 1 saturated heterocycles. The van der Waals surface area contributed by atoms with E-state index in [1.165, 1.54) is 6.42 Å². The van der Waals surface area contributed by atoms with Gasteiger partial charge >= 0.3 is 0 Å². The maximum Gasteiger partial charge on any atom is 0.226 e. The zero-order valence-electron chi connectivity index (χ0n) is 16.4. The lowest BCUT2D eigenvalue weighted by Crippen LogP contribution is -2.48. The lowest BCUT2D eigenvalue weighted by atomic mass is 10.1. The Morgan fingerprint density at radius 3 is 2.65 bits per heavy atom. The van der Waals surface area contributed by atoms with E-state index < -0.39 is 0 Å². The van der Waals surface area contributed by atoms with Crippen molar-refractivity contribution in [1.82, 2.24) is 10.2 Å². The van der Waals surface area contributed by atoms with Crippen LogP contribution >= 0.6 is 11.8 Å². The molecule has 1 amide bonds. The molecule has 6 heteroatoms. The number of benzene rings is 1. The quantitative estimate of drug-likeness (QED) is 0.589. The van der Waals surface area contributed by atoms with Crippen molar-refractivity contribution in [1.29, 1.82) is 0 Å². The minimum absolute atomic E-state index is 0.0170. The second-order valence-electron chi connectivity index (χ2n) is 6.86. The van der Waals surface area contributed by atoms with Gasteiger partial charge in [-0.2, -0.15) is 11.8 Å². The molecule has 144 valence electrons. The minimum atomic E-state index is -0.0170. The summed E-state index contributed by atoms with van der Waals surface area (Å²) < 4.78 is 0. The molecule has 0 spiro atoms. The van der Waals surface area contributed by atoms with Crippen LogP contribution in [-0.2, 0) is 11.3 Å². The molecule has 1 unspecified atom stereocenters. The van der Waals surface area contributed by atoms with Crippen LogP contribution in [-0.4, -0.2) is 47.4 Å². The average Bonchev–Trinajstić information content (AvgIpc) is 2.66. The third-order valence-electron chi connectivity index (χ3n) is 4.39. The van der Waals surface area contributed by atoms with E-state index in [0.29, 0.717) is 11.8 Å². The van der Waals surface area contributed by atoms with Crippen molar-refractivity contribution < 1.29 is 4.79 Å². The van der Waals surface area contributed by atoms with Gasteiger partial charge in [0.05, 0.1) is 6.54 Å². The Morgan fingerprint density at radius 1 is 1.31 bits per heavy atom. The van der Waals surface area contributed by atoms with Gasteiger partial charge in [-0.15, -0.1) is 0 Å². The number of hydrogen-bond donors (Lipinski definition) is 2. The summed E-state index contributed by atoms with van der Waals surface area (Å²) in [6, 6.07) is 7.96. The van der Waals surface area contributed by atoms with Crippen LogP contribution in [0.1, 0.15) is 39.7 Å². The summed E-state index contributed by atoms with van der Waals surface area (Å²) in [6.45, 7) is 11.8. The molecular weight excluding hydrogens is 344 g/mol. The van der Waals surface area contributed by atoms with E-state index in [0.717, 1.165) is 42.6 Å². The number of carbonyl (C=O) groups is 1. The molecule has 26 heavy (non-hydrogen) atoms. The number of rotatable bonds is 6. The van der Waals surface area contributed by atoms with Crippen LogP contribution in [0.15, 0.2) is 29.3 Å². The zero-order chi connectivity index (χ0) is 18.9. The average molecular weight is 377 g/mol. The molecule has 1 atom stereocenters. The highest BCUT2D eigenvalue weighted by Crippen LogP contribution is 2.21. The molecule has 5 nitrogen and oxygen atoms in total. The van der Waals surface area contributed by atoms with E-state index >= 15 is 0 Å². The van der Waals surface area contributed by atoms with Crippen molar-refractivity contribution in [3.05, 3.63) is 29.8 Å². The Morgan fingerprint density at radius 2 is 2.04 bits per heavy atom. The maximum absolute atomic E-state index is 11.8. The maximum atomic E-state index is 11.8. The molecule has 1 fully saturated rings. The molecule has 2 N–H and O–H groups in total. The third-order valence-corrected chi connectivity index (χ3v) is 5.76. The van der Waals surface area contributed by atoms with Crippen LogP contribution in [0.3, 0.4) is 0 Å². The van der Waals surface area contributed by atoms with E-state index in [9.17, 15) is 4.79 Å². The third kappa shape index (κ3) is 6.24. The number of nitrogens with zero attached hydrogens (tertiary/aromatic N) is 2. The fourth-order valence-electron chi connectivity index (χ4n) is 2.73. The predicted molar refractivity (Wildman–Crippen MR) is 113 cm³/mol. The highest BCUT2D eigenvalue weighted by Gasteiger charge is 2.21. The smallest absolute Gasteiger partial charge is 0.226 e. The number of aliphatic imine (C=N–C) groups is 1. The molecule has 2 rings (SSSR count). The molecule has 0 saturated carbocycles. The van der Waals surface area contributed by atoms with Crippen molar-refractivity contribution in [3.8, 4) is 0 Å². The summed E-state index contributed by atoms with van der Waals surface area (Å²) in [6.07, 6.45) is 1.20. The van der Waals surface area contributed by atoms with Crippen LogP contribution in [0.2, 0.25) is 0 Å². The van der Waals surface area contributed by atoms with Crippen molar-refractivity contribution in [2.24, 2.45) is 10.9 Å². The van der Waals surface area contributed by atoms with Gasteiger partial charge in [0, 0.05) is 42.2 Å². The first-order valence-corrected chi connectivity index (χ1v) is 10.6. The minimum Gasteiger partial charge on any atom is -0.357 e. The van der Waals surface area contributed by atoms with E-state index in [4.69, 9.17) is 4.99 Å². The molecule has 1 heterocycles. The lowest BCUT2D eigenvalue weighted by molar-refractivity contribution is -0.118.